The summed E-state index contributed by atoms with van der Waals surface area (Å²) in [6, 6.07) is 23.3. The third kappa shape index (κ3) is 5.16. The average molecular weight is 415 g/mol. The van der Waals surface area contributed by atoms with E-state index in [0.717, 1.165) is 27.9 Å². The zero-order valence-electron chi connectivity index (χ0n) is 14.7. The quantitative estimate of drug-likeness (QED) is 0.578. The molecule has 0 aliphatic carbocycles. The molecule has 3 rings (SSSR count). The molecule has 2 N–H and O–H groups in total. The monoisotopic (exact) mass is 414 g/mol. The summed E-state index contributed by atoms with van der Waals surface area (Å²) in [4.78, 5) is 0. The molecule has 134 valence electrons. The molecule has 0 fully saturated rings. The normalized spacial score (nSPS) is 12.0. The fourth-order valence-electron chi connectivity index (χ4n) is 2.79. The van der Waals surface area contributed by atoms with Crippen LogP contribution in [0.3, 0.4) is 0 Å². The van der Waals surface area contributed by atoms with Crippen LogP contribution in [0.25, 0.3) is 0 Å². The highest BCUT2D eigenvalue weighted by Crippen LogP contribution is 2.24. The number of halogens is 2. The largest absolute Gasteiger partial charge is 0.488 e. The van der Waals surface area contributed by atoms with Crippen LogP contribution in [0.5, 0.6) is 5.75 Å². The van der Waals surface area contributed by atoms with E-state index >= 15 is 0 Å². The first kappa shape index (κ1) is 18.6. The van der Waals surface area contributed by atoms with E-state index in [1.54, 1.807) is 12.1 Å². The minimum absolute atomic E-state index is 0.234. The van der Waals surface area contributed by atoms with Gasteiger partial charge in [-0.1, -0.05) is 58.4 Å². The molecule has 26 heavy (non-hydrogen) atoms. The van der Waals surface area contributed by atoms with Gasteiger partial charge in [-0.15, -0.1) is 0 Å². The number of benzene rings is 3. The van der Waals surface area contributed by atoms with E-state index in [9.17, 15) is 4.39 Å². The zero-order chi connectivity index (χ0) is 18.4. The first-order valence-electron chi connectivity index (χ1n) is 8.66. The number of quaternary nitrogens is 1. The van der Waals surface area contributed by atoms with Gasteiger partial charge in [-0.2, -0.15) is 0 Å². The second-order valence-corrected chi connectivity index (χ2v) is 7.22. The summed E-state index contributed by atoms with van der Waals surface area (Å²) in [5, 5.41) is 2.29. The lowest BCUT2D eigenvalue weighted by Gasteiger charge is -2.15. The Bertz CT molecular complexity index is 837. The lowest BCUT2D eigenvalue weighted by Crippen LogP contribution is -2.83. The van der Waals surface area contributed by atoms with E-state index in [1.165, 1.54) is 17.7 Å². The number of hydrogen-bond donors (Lipinski definition) is 1. The van der Waals surface area contributed by atoms with Crippen molar-refractivity contribution < 1.29 is 14.4 Å². The summed E-state index contributed by atoms with van der Waals surface area (Å²) in [5.41, 5.74) is 3.38. The summed E-state index contributed by atoms with van der Waals surface area (Å²) in [5.74, 6) is 0.622. The minimum atomic E-state index is -0.234. The van der Waals surface area contributed by atoms with Crippen molar-refractivity contribution in [1.29, 1.82) is 0 Å². The van der Waals surface area contributed by atoms with Gasteiger partial charge in [-0.25, -0.2) is 4.39 Å². The van der Waals surface area contributed by atoms with Gasteiger partial charge in [0.05, 0.1) is 0 Å². The smallest absolute Gasteiger partial charge is 0.128 e. The summed E-state index contributed by atoms with van der Waals surface area (Å²) in [6.45, 7) is 3.43. The van der Waals surface area contributed by atoms with Crippen LogP contribution in [0.1, 0.15) is 29.7 Å². The van der Waals surface area contributed by atoms with Gasteiger partial charge in [0.25, 0.3) is 0 Å². The molecule has 0 saturated heterocycles. The molecule has 3 aromatic rings. The molecule has 0 unspecified atom stereocenters. The number of hydrogen-bond acceptors (Lipinski definition) is 1. The van der Waals surface area contributed by atoms with Crippen LogP contribution < -0.4 is 10.1 Å². The molecule has 0 bridgehead atoms. The molecule has 0 amide bonds. The van der Waals surface area contributed by atoms with E-state index < -0.39 is 0 Å². The number of rotatable bonds is 7. The van der Waals surface area contributed by atoms with Crippen molar-refractivity contribution in [2.45, 2.75) is 26.1 Å². The SMILES string of the molecule is C[C@@H]([NH2+]Cc1cc(Br)ccc1OCc1ccc(F)cc1)c1ccccc1. The van der Waals surface area contributed by atoms with Crippen LogP contribution in [0.4, 0.5) is 4.39 Å². The van der Waals surface area contributed by atoms with Gasteiger partial charge in [0.2, 0.25) is 0 Å². The van der Waals surface area contributed by atoms with Crippen molar-refractivity contribution in [2.75, 3.05) is 0 Å². The predicted molar refractivity (Wildman–Crippen MR) is 105 cm³/mol. The van der Waals surface area contributed by atoms with Crippen LogP contribution in [0.2, 0.25) is 0 Å². The molecule has 0 aromatic heterocycles. The Hall–Kier alpha value is -2.17. The maximum atomic E-state index is 13.0. The van der Waals surface area contributed by atoms with Crippen molar-refractivity contribution in [3.63, 3.8) is 0 Å². The second kappa shape index (κ2) is 8.97. The topological polar surface area (TPSA) is 25.8 Å². The summed E-state index contributed by atoms with van der Waals surface area (Å²) in [6.07, 6.45) is 0. The Morgan fingerprint density at radius 3 is 2.46 bits per heavy atom. The highest BCUT2D eigenvalue weighted by Gasteiger charge is 2.12. The zero-order valence-corrected chi connectivity index (χ0v) is 16.2. The first-order valence-corrected chi connectivity index (χ1v) is 9.45. The third-order valence-corrected chi connectivity index (χ3v) is 4.84. The van der Waals surface area contributed by atoms with E-state index in [4.69, 9.17) is 4.74 Å². The molecule has 0 saturated carbocycles. The van der Waals surface area contributed by atoms with Crippen molar-refractivity contribution in [3.05, 3.63) is 99.8 Å². The molecular formula is C22H22BrFNO+. The molecule has 0 radical (unpaired) electrons. The molecule has 2 nitrogen and oxygen atoms in total. The van der Waals surface area contributed by atoms with E-state index in [1.807, 2.05) is 18.2 Å². The summed E-state index contributed by atoms with van der Waals surface area (Å²) < 4.78 is 20.0. The van der Waals surface area contributed by atoms with Crippen molar-refractivity contribution >= 4 is 15.9 Å². The molecule has 3 aromatic carbocycles. The summed E-state index contributed by atoms with van der Waals surface area (Å²) in [7, 11) is 0. The van der Waals surface area contributed by atoms with Gasteiger partial charge in [-0.3, -0.25) is 0 Å². The standard InChI is InChI=1S/C22H21BrFNO/c1-16(18-5-3-2-4-6-18)25-14-19-13-20(23)9-12-22(19)26-15-17-7-10-21(24)11-8-17/h2-13,16,25H,14-15H2,1H3/p+1/t16-/m1/s1. The van der Waals surface area contributed by atoms with Crippen molar-refractivity contribution in [1.82, 2.24) is 0 Å². The highest BCUT2D eigenvalue weighted by molar-refractivity contribution is 9.10. The molecule has 0 spiro atoms. The first-order chi connectivity index (χ1) is 12.6. The lowest BCUT2D eigenvalue weighted by atomic mass is 10.1. The van der Waals surface area contributed by atoms with Gasteiger partial charge < -0.3 is 10.1 Å². The Morgan fingerprint density at radius 2 is 1.73 bits per heavy atom. The second-order valence-electron chi connectivity index (χ2n) is 6.31. The fourth-order valence-corrected chi connectivity index (χ4v) is 3.19. The molecule has 4 heteroatoms. The fraction of sp³-hybridized carbons (Fsp3) is 0.182. The Kier molecular flexibility index (Phi) is 6.42. The molecule has 0 heterocycles. The molecule has 0 aliphatic heterocycles. The Labute approximate surface area is 162 Å². The van der Waals surface area contributed by atoms with E-state index in [2.05, 4.69) is 58.5 Å². The van der Waals surface area contributed by atoms with Crippen molar-refractivity contribution in [3.8, 4) is 5.75 Å². The van der Waals surface area contributed by atoms with Crippen LogP contribution in [0, 0.1) is 5.82 Å². The van der Waals surface area contributed by atoms with Gasteiger partial charge in [0.1, 0.15) is 30.8 Å². The van der Waals surface area contributed by atoms with E-state index in [-0.39, 0.29) is 5.82 Å². The van der Waals surface area contributed by atoms with Crippen LogP contribution >= 0.6 is 15.9 Å². The van der Waals surface area contributed by atoms with Crippen LogP contribution in [-0.4, -0.2) is 0 Å². The predicted octanol–water partition coefficient (Wildman–Crippen LogP) is 4.99. The number of nitrogens with two attached hydrogens (primary N) is 1. The van der Waals surface area contributed by atoms with Crippen LogP contribution in [-0.2, 0) is 13.2 Å². The van der Waals surface area contributed by atoms with Crippen molar-refractivity contribution in [2.24, 2.45) is 0 Å². The summed E-state index contributed by atoms with van der Waals surface area (Å²) >= 11 is 3.54. The van der Waals surface area contributed by atoms with E-state index in [0.29, 0.717) is 12.6 Å². The average Bonchev–Trinajstić information content (AvgIpc) is 2.67. The molecule has 0 aliphatic rings. The number of ether oxygens (including phenoxy) is 1. The lowest BCUT2D eigenvalue weighted by molar-refractivity contribution is -0.708. The third-order valence-electron chi connectivity index (χ3n) is 4.35. The van der Waals surface area contributed by atoms with Gasteiger partial charge in [0, 0.05) is 15.6 Å². The highest BCUT2D eigenvalue weighted by atomic mass is 79.9. The van der Waals surface area contributed by atoms with Gasteiger partial charge in [-0.05, 0) is 42.8 Å². The maximum Gasteiger partial charge on any atom is 0.128 e. The Balaban J connectivity index is 1.66. The van der Waals surface area contributed by atoms with Gasteiger partial charge >= 0.3 is 0 Å². The van der Waals surface area contributed by atoms with Crippen LogP contribution in [0.15, 0.2) is 77.3 Å². The molecular weight excluding hydrogens is 393 g/mol. The minimum Gasteiger partial charge on any atom is -0.488 e. The van der Waals surface area contributed by atoms with Gasteiger partial charge in [0.15, 0.2) is 0 Å². The maximum absolute atomic E-state index is 13.0. The Morgan fingerprint density at radius 1 is 1.00 bits per heavy atom. The molecule has 1 atom stereocenters.